The quantitative estimate of drug-likeness (QED) is 0.557. The smallest absolute Gasteiger partial charge is 0.233 e. The fraction of sp³-hybridized carbons (Fsp3) is 0.375. The summed E-state index contributed by atoms with van der Waals surface area (Å²) in [6.07, 6.45) is 3.41. The van der Waals surface area contributed by atoms with Crippen molar-refractivity contribution in [2.45, 2.75) is 37.5 Å². The van der Waals surface area contributed by atoms with E-state index >= 15 is 0 Å². The van der Waals surface area contributed by atoms with Crippen LogP contribution in [0.3, 0.4) is 0 Å². The van der Waals surface area contributed by atoms with E-state index in [0.29, 0.717) is 12.3 Å². The second kappa shape index (κ2) is 9.24. The van der Waals surface area contributed by atoms with Crippen LogP contribution < -0.4 is 0 Å². The molecule has 2 aliphatic rings. The van der Waals surface area contributed by atoms with Gasteiger partial charge < -0.3 is 4.90 Å². The number of nitrogens with zero attached hydrogens (tertiary/aromatic N) is 5. The average molecular weight is 434 g/mol. The molecule has 0 N–H and O–H groups in total. The van der Waals surface area contributed by atoms with Gasteiger partial charge in [0.2, 0.25) is 5.91 Å². The molecule has 31 heavy (non-hydrogen) atoms. The normalized spacial score (nSPS) is 16.5. The van der Waals surface area contributed by atoms with E-state index in [1.807, 2.05) is 29.2 Å². The molecule has 3 aromatic rings. The molecule has 2 aromatic carbocycles. The Balaban J connectivity index is 1.31. The molecule has 1 fully saturated rings. The van der Waals surface area contributed by atoms with Crippen LogP contribution in [0.25, 0.3) is 5.69 Å². The van der Waals surface area contributed by atoms with E-state index < -0.39 is 0 Å². The van der Waals surface area contributed by atoms with E-state index in [2.05, 4.69) is 50.0 Å². The van der Waals surface area contributed by atoms with Gasteiger partial charge in [-0.2, -0.15) is 0 Å². The summed E-state index contributed by atoms with van der Waals surface area (Å²) >= 11 is 1.48. The van der Waals surface area contributed by atoms with Crippen LogP contribution >= 0.6 is 11.8 Å². The predicted molar refractivity (Wildman–Crippen MR) is 122 cm³/mol. The first-order chi connectivity index (χ1) is 15.3. The summed E-state index contributed by atoms with van der Waals surface area (Å²) in [4.78, 5) is 17.3. The molecule has 3 heterocycles. The number of thioether (sulfide) groups is 1. The zero-order valence-electron chi connectivity index (χ0n) is 17.6. The highest BCUT2D eigenvalue weighted by molar-refractivity contribution is 7.99. The Morgan fingerprint density at radius 2 is 1.65 bits per heavy atom. The first-order valence-corrected chi connectivity index (χ1v) is 12.0. The van der Waals surface area contributed by atoms with Crippen molar-refractivity contribution >= 4 is 17.7 Å². The van der Waals surface area contributed by atoms with Crippen molar-refractivity contribution in [3.05, 3.63) is 71.5 Å². The van der Waals surface area contributed by atoms with Crippen LogP contribution in [-0.2, 0) is 24.3 Å². The van der Waals surface area contributed by atoms with Gasteiger partial charge in [-0.15, -0.1) is 10.2 Å². The van der Waals surface area contributed by atoms with Gasteiger partial charge in [0.15, 0.2) is 11.0 Å². The number of carbonyl (C=O) groups excluding carboxylic acids is 1. The maximum Gasteiger partial charge on any atom is 0.233 e. The summed E-state index contributed by atoms with van der Waals surface area (Å²) in [7, 11) is 0. The van der Waals surface area contributed by atoms with Gasteiger partial charge in [0.1, 0.15) is 0 Å². The standard InChI is InChI=1S/C24H27N5OS/c30-23(28-15-12-19-8-4-5-9-20(19)16-28)18-31-24-26-25-22(17-27-13-6-7-14-27)29(24)21-10-2-1-3-11-21/h1-5,8-11H,6-7,12-18H2. The third kappa shape index (κ3) is 4.52. The Labute approximate surface area is 187 Å². The van der Waals surface area contributed by atoms with E-state index in [4.69, 9.17) is 0 Å². The highest BCUT2D eigenvalue weighted by Crippen LogP contribution is 2.25. The van der Waals surface area contributed by atoms with E-state index in [0.717, 1.165) is 49.3 Å². The summed E-state index contributed by atoms with van der Waals surface area (Å²) in [6, 6.07) is 18.6. The van der Waals surface area contributed by atoms with Crippen molar-refractivity contribution in [3.8, 4) is 5.69 Å². The highest BCUT2D eigenvalue weighted by Gasteiger charge is 2.23. The van der Waals surface area contributed by atoms with Crippen molar-refractivity contribution in [2.24, 2.45) is 0 Å². The van der Waals surface area contributed by atoms with Crippen LogP contribution in [0.15, 0.2) is 59.8 Å². The predicted octanol–water partition coefficient (Wildman–Crippen LogP) is 3.54. The molecule has 5 rings (SSSR count). The lowest BCUT2D eigenvalue weighted by molar-refractivity contribution is -0.129. The molecule has 2 aliphatic heterocycles. The van der Waals surface area contributed by atoms with Crippen molar-refractivity contribution in [2.75, 3.05) is 25.4 Å². The fourth-order valence-corrected chi connectivity index (χ4v) is 5.27. The van der Waals surface area contributed by atoms with Crippen LogP contribution in [-0.4, -0.2) is 55.9 Å². The van der Waals surface area contributed by atoms with Gasteiger partial charge in [-0.05, 0) is 55.6 Å². The minimum Gasteiger partial charge on any atom is -0.337 e. The minimum absolute atomic E-state index is 0.156. The second-order valence-electron chi connectivity index (χ2n) is 8.18. The number of aromatic nitrogens is 3. The highest BCUT2D eigenvalue weighted by atomic mass is 32.2. The van der Waals surface area contributed by atoms with Crippen molar-refractivity contribution < 1.29 is 4.79 Å². The third-order valence-electron chi connectivity index (χ3n) is 6.09. The van der Waals surface area contributed by atoms with Gasteiger partial charge in [-0.3, -0.25) is 14.3 Å². The van der Waals surface area contributed by atoms with Crippen LogP contribution in [0.1, 0.15) is 29.8 Å². The van der Waals surface area contributed by atoms with Gasteiger partial charge in [0.25, 0.3) is 0 Å². The number of rotatable bonds is 6. The molecule has 0 aliphatic carbocycles. The number of hydrogen-bond acceptors (Lipinski definition) is 5. The second-order valence-corrected chi connectivity index (χ2v) is 9.12. The van der Waals surface area contributed by atoms with Crippen LogP contribution in [0.2, 0.25) is 0 Å². The zero-order valence-corrected chi connectivity index (χ0v) is 18.4. The summed E-state index contributed by atoms with van der Waals surface area (Å²) < 4.78 is 2.11. The SMILES string of the molecule is O=C(CSc1nnc(CN2CCCC2)n1-c1ccccc1)N1CCc2ccccc2C1. The van der Waals surface area contributed by atoms with E-state index in [1.165, 1.54) is 35.7 Å². The fourth-order valence-electron chi connectivity index (χ4n) is 4.40. The molecule has 6 nitrogen and oxygen atoms in total. The third-order valence-corrected chi connectivity index (χ3v) is 7.00. The molecule has 1 aromatic heterocycles. The van der Waals surface area contributed by atoms with Gasteiger partial charge in [-0.25, -0.2) is 0 Å². The molecule has 7 heteroatoms. The number of fused-ring (bicyclic) bond motifs is 1. The maximum atomic E-state index is 13.0. The Bertz CT molecular complexity index is 1050. The first kappa shape index (κ1) is 20.3. The Hall–Kier alpha value is -2.64. The van der Waals surface area contributed by atoms with E-state index in [-0.39, 0.29) is 5.91 Å². The molecule has 0 saturated carbocycles. The molecule has 160 valence electrons. The molecular formula is C24H27N5OS. The molecular weight excluding hydrogens is 406 g/mol. The van der Waals surface area contributed by atoms with Gasteiger partial charge in [0.05, 0.1) is 12.3 Å². The number of carbonyl (C=O) groups is 1. The average Bonchev–Trinajstić information content (AvgIpc) is 3.48. The lowest BCUT2D eigenvalue weighted by Gasteiger charge is -2.28. The van der Waals surface area contributed by atoms with Crippen molar-refractivity contribution in [3.63, 3.8) is 0 Å². The first-order valence-electron chi connectivity index (χ1n) is 11.0. The number of hydrogen-bond donors (Lipinski definition) is 0. The Morgan fingerprint density at radius 3 is 2.45 bits per heavy atom. The van der Waals surface area contributed by atoms with Crippen molar-refractivity contribution in [1.29, 1.82) is 0 Å². The van der Waals surface area contributed by atoms with E-state index in [1.54, 1.807) is 0 Å². The number of likely N-dealkylation sites (tertiary alicyclic amines) is 1. The largest absolute Gasteiger partial charge is 0.337 e. The minimum atomic E-state index is 0.156. The van der Waals surface area contributed by atoms with Crippen molar-refractivity contribution in [1.82, 2.24) is 24.6 Å². The molecule has 0 radical (unpaired) electrons. The van der Waals surface area contributed by atoms with Gasteiger partial charge >= 0.3 is 0 Å². The van der Waals surface area contributed by atoms with Crippen LogP contribution in [0.4, 0.5) is 0 Å². The Morgan fingerprint density at radius 1 is 0.903 bits per heavy atom. The molecule has 0 bridgehead atoms. The molecule has 1 saturated heterocycles. The maximum absolute atomic E-state index is 13.0. The number of para-hydroxylation sites is 1. The summed E-state index contributed by atoms with van der Waals surface area (Å²) in [6.45, 7) is 4.49. The van der Waals surface area contributed by atoms with Crippen LogP contribution in [0, 0.1) is 0 Å². The number of amides is 1. The topological polar surface area (TPSA) is 54.3 Å². The summed E-state index contributed by atoms with van der Waals surface area (Å²) in [5, 5.41) is 9.75. The molecule has 1 amide bonds. The summed E-state index contributed by atoms with van der Waals surface area (Å²) in [5.41, 5.74) is 3.66. The summed E-state index contributed by atoms with van der Waals surface area (Å²) in [5.74, 6) is 1.47. The lowest BCUT2D eigenvalue weighted by Crippen LogP contribution is -2.37. The van der Waals surface area contributed by atoms with Crippen LogP contribution in [0.5, 0.6) is 0 Å². The molecule has 0 unspecified atom stereocenters. The van der Waals surface area contributed by atoms with Gasteiger partial charge in [-0.1, -0.05) is 54.2 Å². The molecule has 0 spiro atoms. The van der Waals surface area contributed by atoms with Gasteiger partial charge in [0, 0.05) is 18.8 Å². The lowest BCUT2D eigenvalue weighted by atomic mass is 10.00. The Kier molecular flexibility index (Phi) is 6.04. The number of benzene rings is 2. The molecule has 0 atom stereocenters. The van der Waals surface area contributed by atoms with E-state index in [9.17, 15) is 4.79 Å². The zero-order chi connectivity index (χ0) is 21.0. The monoisotopic (exact) mass is 433 g/mol.